The Morgan fingerprint density at radius 1 is 1.35 bits per heavy atom. The lowest BCUT2D eigenvalue weighted by Crippen LogP contribution is -2.46. The molecule has 4 nitrogen and oxygen atoms in total. The van der Waals surface area contributed by atoms with Crippen LogP contribution in [0, 0.1) is 5.92 Å². The van der Waals surface area contributed by atoms with Gasteiger partial charge >= 0.3 is 5.97 Å². The minimum atomic E-state index is -0.218. The molecule has 128 valence electrons. The molecule has 5 heteroatoms. The average molecular weight is 337 g/mol. The first kappa shape index (κ1) is 18.0. The number of carbonyl (C=O) groups is 2. The molecule has 1 fully saturated rings. The standard InChI is InChI=1S/C18H27NO3S/c1-3-22-18(21)10-11-19(16-9-5-4-7-14(16)2)17(20)13-15-8-6-12-23-15/h6,8,12,14,16H,3-5,7,9-11,13H2,1-2H3. The molecule has 0 bridgehead atoms. The summed E-state index contributed by atoms with van der Waals surface area (Å²) in [5.74, 6) is 0.415. The van der Waals surface area contributed by atoms with Gasteiger partial charge in [0.25, 0.3) is 0 Å². The minimum Gasteiger partial charge on any atom is -0.466 e. The molecule has 1 aliphatic carbocycles. The number of hydrogen-bond donors (Lipinski definition) is 0. The summed E-state index contributed by atoms with van der Waals surface area (Å²) >= 11 is 1.61. The largest absolute Gasteiger partial charge is 0.466 e. The second kappa shape index (κ2) is 9.06. The van der Waals surface area contributed by atoms with E-state index in [1.807, 2.05) is 22.4 Å². The van der Waals surface area contributed by atoms with E-state index in [1.54, 1.807) is 18.3 Å². The molecule has 2 unspecified atom stereocenters. The molecule has 2 rings (SSSR count). The third-order valence-electron chi connectivity index (χ3n) is 4.55. The monoisotopic (exact) mass is 337 g/mol. The summed E-state index contributed by atoms with van der Waals surface area (Å²) in [5, 5.41) is 1.99. The lowest BCUT2D eigenvalue weighted by Gasteiger charge is -2.38. The van der Waals surface area contributed by atoms with E-state index in [-0.39, 0.29) is 24.3 Å². The highest BCUT2D eigenvalue weighted by atomic mass is 32.1. The molecule has 1 aliphatic rings. The fourth-order valence-electron chi connectivity index (χ4n) is 3.34. The van der Waals surface area contributed by atoms with Crippen LogP contribution in [0.15, 0.2) is 17.5 Å². The summed E-state index contributed by atoms with van der Waals surface area (Å²) in [5.41, 5.74) is 0. The van der Waals surface area contributed by atoms with Gasteiger partial charge in [-0.15, -0.1) is 11.3 Å². The van der Waals surface area contributed by atoms with E-state index < -0.39 is 0 Å². The molecule has 0 aromatic carbocycles. The van der Waals surface area contributed by atoms with E-state index in [0.717, 1.165) is 24.1 Å². The van der Waals surface area contributed by atoms with Crippen LogP contribution in [0.4, 0.5) is 0 Å². The first-order valence-electron chi connectivity index (χ1n) is 8.59. The number of hydrogen-bond acceptors (Lipinski definition) is 4. The lowest BCUT2D eigenvalue weighted by atomic mass is 9.84. The molecule has 23 heavy (non-hydrogen) atoms. The second-order valence-electron chi connectivity index (χ2n) is 6.23. The maximum Gasteiger partial charge on any atom is 0.307 e. The Morgan fingerprint density at radius 2 is 2.13 bits per heavy atom. The van der Waals surface area contributed by atoms with Gasteiger partial charge in [0, 0.05) is 17.5 Å². The van der Waals surface area contributed by atoms with E-state index in [1.165, 1.54) is 6.42 Å². The summed E-state index contributed by atoms with van der Waals surface area (Å²) in [6, 6.07) is 4.22. The quantitative estimate of drug-likeness (QED) is 0.714. The lowest BCUT2D eigenvalue weighted by molar-refractivity contribution is -0.144. The van der Waals surface area contributed by atoms with Gasteiger partial charge < -0.3 is 9.64 Å². The van der Waals surface area contributed by atoms with Gasteiger partial charge in [-0.1, -0.05) is 25.8 Å². The van der Waals surface area contributed by atoms with Gasteiger partial charge in [0.15, 0.2) is 0 Å². The van der Waals surface area contributed by atoms with Crippen molar-refractivity contribution in [2.75, 3.05) is 13.2 Å². The number of ether oxygens (including phenoxy) is 1. The number of carbonyl (C=O) groups excluding carboxylic acids is 2. The Bertz CT molecular complexity index is 500. The molecule has 1 aromatic heterocycles. The number of rotatable bonds is 7. The van der Waals surface area contributed by atoms with Crippen molar-refractivity contribution in [3.63, 3.8) is 0 Å². The molecule has 1 aromatic rings. The van der Waals surface area contributed by atoms with Crippen LogP contribution in [-0.2, 0) is 20.7 Å². The third-order valence-corrected chi connectivity index (χ3v) is 5.43. The van der Waals surface area contributed by atoms with Crippen molar-refractivity contribution in [2.45, 2.75) is 58.4 Å². The van der Waals surface area contributed by atoms with Crippen LogP contribution in [0.25, 0.3) is 0 Å². The van der Waals surface area contributed by atoms with Gasteiger partial charge in [-0.2, -0.15) is 0 Å². The van der Waals surface area contributed by atoms with Crippen LogP contribution >= 0.6 is 11.3 Å². The molecule has 2 atom stereocenters. The van der Waals surface area contributed by atoms with Crippen LogP contribution in [-0.4, -0.2) is 36.0 Å². The minimum absolute atomic E-state index is 0.135. The SMILES string of the molecule is CCOC(=O)CCN(C(=O)Cc1cccs1)C1CCCCC1C. The molecule has 0 radical (unpaired) electrons. The highest BCUT2D eigenvalue weighted by molar-refractivity contribution is 7.10. The molecule has 0 N–H and O–H groups in total. The summed E-state index contributed by atoms with van der Waals surface area (Å²) in [7, 11) is 0. The summed E-state index contributed by atoms with van der Waals surface area (Å²) < 4.78 is 5.02. The van der Waals surface area contributed by atoms with Gasteiger partial charge in [0.2, 0.25) is 5.91 Å². The van der Waals surface area contributed by atoms with E-state index in [4.69, 9.17) is 4.74 Å². The molecule has 1 heterocycles. The zero-order valence-corrected chi connectivity index (χ0v) is 14.9. The number of thiophene rings is 1. The van der Waals surface area contributed by atoms with Crippen molar-refractivity contribution in [1.29, 1.82) is 0 Å². The smallest absolute Gasteiger partial charge is 0.307 e. The van der Waals surface area contributed by atoms with Gasteiger partial charge in [0.1, 0.15) is 0 Å². The Kier molecular flexibility index (Phi) is 7.09. The molecule has 1 amide bonds. The van der Waals surface area contributed by atoms with E-state index >= 15 is 0 Å². The van der Waals surface area contributed by atoms with Crippen LogP contribution < -0.4 is 0 Å². The second-order valence-corrected chi connectivity index (χ2v) is 7.26. The molecule has 0 aliphatic heterocycles. The normalized spacial score (nSPS) is 21.0. The van der Waals surface area contributed by atoms with Crippen molar-refractivity contribution >= 4 is 23.2 Å². The first-order valence-corrected chi connectivity index (χ1v) is 9.47. The van der Waals surface area contributed by atoms with Crippen molar-refractivity contribution in [3.8, 4) is 0 Å². The van der Waals surface area contributed by atoms with E-state index in [9.17, 15) is 9.59 Å². The Hall–Kier alpha value is -1.36. The number of nitrogens with zero attached hydrogens (tertiary/aromatic N) is 1. The van der Waals surface area contributed by atoms with Gasteiger partial charge in [-0.25, -0.2) is 0 Å². The van der Waals surface area contributed by atoms with Gasteiger partial charge in [0.05, 0.1) is 19.4 Å². The average Bonchev–Trinajstić information content (AvgIpc) is 3.02. The van der Waals surface area contributed by atoms with Gasteiger partial charge in [-0.05, 0) is 37.1 Å². The Labute approximate surface area is 142 Å². The maximum absolute atomic E-state index is 12.8. The van der Waals surface area contributed by atoms with Crippen molar-refractivity contribution in [1.82, 2.24) is 4.90 Å². The van der Waals surface area contributed by atoms with E-state index in [2.05, 4.69) is 6.92 Å². The molecular formula is C18H27NO3S. The molecular weight excluding hydrogens is 310 g/mol. The fraction of sp³-hybridized carbons (Fsp3) is 0.667. The Balaban J connectivity index is 2.03. The predicted molar refractivity (Wildman–Crippen MR) is 92.4 cm³/mol. The first-order chi connectivity index (χ1) is 11.1. The summed E-state index contributed by atoms with van der Waals surface area (Å²) in [4.78, 5) is 27.5. The topological polar surface area (TPSA) is 46.6 Å². The molecule has 0 saturated heterocycles. The predicted octanol–water partition coefficient (Wildman–Crippen LogP) is 3.65. The van der Waals surface area contributed by atoms with Crippen molar-refractivity contribution < 1.29 is 14.3 Å². The van der Waals surface area contributed by atoms with Crippen molar-refractivity contribution in [3.05, 3.63) is 22.4 Å². The van der Waals surface area contributed by atoms with E-state index in [0.29, 0.717) is 25.5 Å². The van der Waals surface area contributed by atoms with Crippen molar-refractivity contribution in [2.24, 2.45) is 5.92 Å². The zero-order valence-electron chi connectivity index (χ0n) is 14.1. The Morgan fingerprint density at radius 3 is 2.78 bits per heavy atom. The maximum atomic E-state index is 12.8. The van der Waals surface area contributed by atoms with Crippen LogP contribution in [0.2, 0.25) is 0 Å². The van der Waals surface area contributed by atoms with Crippen LogP contribution in [0.1, 0.15) is 50.8 Å². The number of amides is 1. The molecule has 1 saturated carbocycles. The summed E-state index contributed by atoms with van der Waals surface area (Å²) in [6.07, 6.45) is 5.32. The van der Waals surface area contributed by atoms with Crippen LogP contribution in [0.5, 0.6) is 0 Å². The third kappa shape index (κ3) is 5.34. The number of esters is 1. The fourth-order valence-corrected chi connectivity index (χ4v) is 4.04. The van der Waals surface area contributed by atoms with Crippen LogP contribution in [0.3, 0.4) is 0 Å². The highest BCUT2D eigenvalue weighted by Gasteiger charge is 2.30. The highest BCUT2D eigenvalue weighted by Crippen LogP contribution is 2.29. The zero-order chi connectivity index (χ0) is 16.7. The molecule has 0 spiro atoms. The van der Waals surface area contributed by atoms with Gasteiger partial charge in [-0.3, -0.25) is 9.59 Å². The summed E-state index contributed by atoms with van der Waals surface area (Å²) in [6.45, 7) is 4.89.